The van der Waals surface area contributed by atoms with Crippen LogP contribution in [0, 0.1) is 10.1 Å². The van der Waals surface area contributed by atoms with Gasteiger partial charge in [0.15, 0.2) is 0 Å². The lowest BCUT2D eigenvalue weighted by molar-refractivity contribution is -0.384. The van der Waals surface area contributed by atoms with Crippen molar-refractivity contribution in [2.75, 3.05) is 5.32 Å². The van der Waals surface area contributed by atoms with Crippen LogP contribution in [0.5, 0.6) is 0 Å². The number of halogens is 2. The molecule has 0 radical (unpaired) electrons. The Balaban J connectivity index is 3.19. The summed E-state index contributed by atoms with van der Waals surface area (Å²) in [6, 6.07) is 2.56. The zero-order valence-corrected chi connectivity index (χ0v) is 10.0. The van der Waals surface area contributed by atoms with Crippen LogP contribution in [0.15, 0.2) is 24.8 Å². The molecule has 0 aliphatic heterocycles. The van der Waals surface area contributed by atoms with E-state index in [0.717, 1.165) is 0 Å². The maximum absolute atomic E-state index is 10.8. The Kier molecular flexibility index (Phi) is 4.15. The number of nitro benzene ring substituents is 1. The first-order chi connectivity index (χ1) is 7.45. The first kappa shape index (κ1) is 12.8. The molecule has 0 spiro atoms. The average molecular weight is 261 g/mol. The van der Waals surface area contributed by atoms with Crippen molar-refractivity contribution >= 4 is 34.6 Å². The maximum atomic E-state index is 10.8. The summed E-state index contributed by atoms with van der Waals surface area (Å²) < 4.78 is 0. The minimum Gasteiger partial charge on any atom is -0.374 e. The molecule has 0 aromatic heterocycles. The maximum Gasteiger partial charge on any atom is 0.293 e. The van der Waals surface area contributed by atoms with E-state index in [1.807, 2.05) is 6.92 Å². The topological polar surface area (TPSA) is 55.2 Å². The van der Waals surface area contributed by atoms with Crippen molar-refractivity contribution in [1.29, 1.82) is 0 Å². The third-order valence-electron chi connectivity index (χ3n) is 1.97. The Labute approximate surface area is 103 Å². The second kappa shape index (κ2) is 5.18. The molecule has 0 saturated carbocycles. The molecular weight excluding hydrogens is 251 g/mol. The quantitative estimate of drug-likeness (QED) is 0.508. The van der Waals surface area contributed by atoms with Crippen LogP contribution in [-0.2, 0) is 0 Å². The number of hydrogen-bond donors (Lipinski definition) is 1. The van der Waals surface area contributed by atoms with Gasteiger partial charge in [-0.15, -0.1) is 6.58 Å². The monoisotopic (exact) mass is 260 g/mol. The molecule has 16 heavy (non-hydrogen) atoms. The average Bonchev–Trinajstić information content (AvgIpc) is 2.22. The first-order valence-electron chi connectivity index (χ1n) is 4.48. The van der Waals surface area contributed by atoms with Gasteiger partial charge in [0.05, 0.1) is 15.0 Å². The standard InChI is InChI=1S/C10H10Cl2N2O2/c1-3-6(2)13-9-4-7(11)8(12)5-10(9)14(15)16/h3-6,13H,1H2,2H3. The van der Waals surface area contributed by atoms with Gasteiger partial charge in [-0.05, 0) is 13.0 Å². The molecule has 4 nitrogen and oxygen atoms in total. The van der Waals surface area contributed by atoms with Crippen LogP contribution in [0.1, 0.15) is 6.92 Å². The molecule has 0 amide bonds. The Morgan fingerprint density at radius 1 is 1.50 bits per heavy atom. The largest absolute Gasteiger partial charge is 0.374 e. The van der Waals surface area contributed by atoms with Crippen LogP contribution in [0.2, 0.25) is 10.0 Å². The van der Waals surface area contributed by atoms with E-state index >= 15 is 0 Å². The normalized spacial score (nSPS) is 11.9. The number of anilines is 1. The van der Waals surface area contributed by atoms with E-state index in [1.165, 1.54) is 12.1 Å². The van der Waals surface area contributed by atoms with Gasteiger partial charge in [0.25, 0.3) is 5.69 Å². The van der Waals surface area contributed by atoms with Crippen molar-refractivity contribution in [2.24, 2.45) is 0 Å². The van der Waals surface area contributed by atoms with E-state index < -0.39 is 4.92 Å². The van der Waals surface area contributed by atoms with E-state index in [4.69, 9.17) is 23.2 Å². The van der Waals surface area contributed by atoms with Crippen molar-refractivity contribution in [3.63, 3.8) is 0 Å². The minimum absolute atomic E-state index is 0.101. The highest BCUT2D eigenvalue weighted by molar-refractivity contribution is 6.42. The molecular formula is C10H10Cl2N2O2. The van der Waals surface area contributed by atoms with Gasteiger partial charge in [-0.1, -0.05) is 29.3 Å². The summed E-state index contributed by atoms with van der Waals surface area (Å²) in [7, 11) is 0. The fourth-order valence-electron chi connectivity index (χ4n) is 1.11. The van der Waals surface area contributed by atoms with E-state index in [0.29, 0.717) is 5.69 Å². The zero-order valence-electron chi connectivity index (χ0n) is 8.54. The predicted octanol–water partition coefficient (Wildman–Crippen LogP) is 3.89. The lowest BCUT2D eigenvalue weighted by atomic mass is 10.2. The number of nitrogens with zero attached hydrogens (tertiary/aromatic N) is 1. The molecule has 1 aromatic rings. The molecule has 1 rings (SSSR count). The van der Waals surface area contributed by atoms with Crippen molar-refractivity contribution in [1.82, 2.24) is 0 Å². The zero-order chi connectivity index (χ0) is 12.3. The number of nitrogens with one attached hydrogen (secondary N) is 1. The number of benzene rings is 1. The molecule has 0 saturated heterocycles. The summed E-state index contributed by atoms with van der Waals surface area (Å²) in [6.45, 7) is 5.40. The van der Waals surface area contributed by atoms with Crippen LogP contribution in [0.25, 0.3) is 0 Å². The van der Waals surface area contributed by atoms with Crippen LogP contribution in [-0.4, -0.2) is 11.0 Å². The van der Waals surface area contributed by atoms with Gasteiger partial charge >= 0.3 is 0 Å². The van der Waals surface area contributed by atoms with E-state index in [-0.39, 0.29) is 21.8 Å². The van der Waals surface area contributed by atoms with Crippen molar-refractivity contribution in [2.45, 2.75) is 13.0 Å². The Morgan fingerprint density at radius 2 is 2.06 bits per heavy atom. The van der Waals surface area contributed by atoms with Gasteiger partial charge in [-0.3, -0.25) is 10.1 Å². The molecule has 1 aromatic carbocycles. The molecule has 86 valence electrons. The third-order valence-corrected chi connectivity index (χ3v) is 2.69. The Bertz CT molecular complexity index is 435. The molecule has 1 N–H and O–H groups in total. The second-order valence-corrected chi connectivity index (χ2v) is 4.02. The summed E-state index contributed by atoms with van der Waals surface area (Å²) >= 11 is 11.5. The Morgan fingerprint density at radius 3 is 2.56 bits per heavy atom. The van der Waals surface area contributed by atoms with Crippen LogP contribution in [0.3, 0.4) is 0 Å². The molecule has 0 aliphatic rings. The highest BCUT2D eigenvalue weighted by Gasteiger charge is 2.17. The van der Waals surface area contributed by atoms with Gasteiger partial charge in [-0.2, -0.15) is 0 Å². The lowest BCUT2D eigenvalue weighted by Crippen LogP contribution is -2.12. The molecule has 1 atom stereocenters. The number of hydrogen-bond acceptors (Lipinski definition) is 3. The van der Waals surface area contributed by atoms with Gasteiger partial charge in [0.1, 0.15) is 5.69 Å². The molecule has 6 heteroatoms. The summed E-state index contributed by atoms with van der Waals surface area (Å²) in [5, 5.41) is 14.1. The number of nitro groups is 1. The molecule has 0 heterocycles. The van der Waals surface area contributed by atoms with Gasteiger partial charge in [0, 0.05) is 12.1 Å². The molecule has 1 unspecified atom stereocenters. The molecule has 0 bridgehead atoms. The van der Waals surface area contributed by atoms with Crippen molar-refractivity contribution < 1.29 is 4.92 Å². The number of rotatable bonds is 4. The summed E-state index contributed by atoms with van der Waals surface area (Å²) in [5.41, 5.74) is 0.218. The fourth-order valence-corrected chi connectivity index (χ4v) is 1.43. The van der Waals surface area contributed by atoms with Crippen LogP contribution in [0.4, 0.5) is 11.4 Å². The van der Waals surface area contributed by atoms with E-state index in [9.17, 15) is 10.1 Å². The van der Waals surface area contributed by atoms with Gasteiger partial charge < -0.3 is 5.32 Å². The van der Waals surface area contributed by atoms with Gasteiger partial charge in [-0.25, -0.2) is 0 Å². The van der Waals surface area contributed by atoms with Crippen LogP contribution >= 0.6 is 23.2 Å². The smallest absolute Gasteiger partial charge is 0.293 e. The molecule has 0 fully saturated rings. The van der Waals surface area contributed by atoms with Crippen molar-refractivity contribution in [3.8, 4) is 0 Å². The van der Waals surface area contributed by atoms with E-state index in [2.05, 4.69) is 11.9 Å². The second-order valence-electron chi connectivity index (χ2n) is 3.21. The summed E-state index contributed by atoms with van der Waals surface area (Å²) in [4.78, 5) is 10.3. The minimum atomic E-state index is -0.514. The third kappa shape index (κ3) is 2.87. The predicted molar refractivity (Wildman–Crippen MR) is 66.4 cm³/mol. The fraction of sp³-hybridized carbons (Fsp3) is 0.200. The first-order valence-corrected chi connectivity index (χ1v) is 5.23. The summed E-state index contributed by atoms with van der Waals surface area (Å²) in [5.74, 6) is 0. The van der Waals surface area contributed by atoms with Crippen LogP contribution < -0.4 is 5.32 Å². The highest BCUT2D eigenvalue weighted by Crippen LogP contribution is 2.34. The lowest BCUT2D eigenvalue weighted by Gasteiger charge is -2.11. The molecule has 0 aliphatic carbocycles. The summed E-state index contributed by atoms with van der Waals surface area (Å²) in [6.07, 6.45) is 1.63. The van der Waals surface area contributed by atoms with E-state index in [1.54, 1.807) is 6.08 Å². The van der Waals surface area contributed by atoms with Crippen molar-refractivity contribution in [3.05, 3.63) is 44.9 Å². The Hall–Kier alpha value is -1.26. The highest BCUT2D eigenvalue weighted by atomic mass is 35.5. The SMILES string of the molecule is C=CC(C)Nc1cc(Cl)c(Cl)cc1[N+](=O)[O-]. The van der Waals surface area contributed by atoms with Gasteiger partial charge in [0.2, 0.25) is 0 Å².